The van der Waals surface area contributed by atoms with Crippen LogP contribution < -0.4 is 0 Å². The van der Waals surface area contributed by atoms with Crippen LogP contribution in [0.3, 0.4) is 0 Å². The average molecular weight is 338 g/mol. The Labute approximate surface area is 142 Å². The van der Waals surface area contributed by atoms with E-state index in [4.69, 9.17) is 0 Å². The third-order valence-corrected chi connectivity index (χ3v) is 9.76. The summed E-state index contributed by atoms with van der Waals surface area (Å²) in [7, 11) is 0. The predicted molar refractivity (Wildman–Crippen MR) is 86.1 cm³/mol. The molecule has 8 aliphatic rings. The normalized spacial score (nSPS) is 60.9. The summed E-state index contributed by atoms with van der Waals surface area (Å²) in [5.74, 6) is 2.52. The molecule has 0 saturated heterocycles. The zero-order chi connectivity index (χ0) is 16.3. The van der Waals surface area contributed by atoms with Crippen LogP contribution in [0.5, 0.6) is 0 Å². The van der Waals surface area contributed by atoms with Gasteiger partial charge >= 0.3 is 6.18 Å². The first kappa shape index (κ1) is 14.9. The van der Waals surface area contributed by atoms with E-state index in [1.54, 1.807) is 0 Å². The number of rotatable bonds is 1. The number of hydrogen-bond donors (Lipinski definition) is 0. The first-order valence-electron chi connectivity index (χ1n) is 10.4. The van der Waals surface area contributed by atoms with Gasteiger partial charge in [0.05, 0.1) is 5.92 Å². The Hall–Kier alpha value is -0.210. The van der Waals surface area contributed by atoms with Gasteiger partial charge in [-0.2, -0.15) is 13.2 Å². The molecule has 24 heavy (non-hydrogen) atoms. The van der Waals surface area contributed by atoms with Gasteiger partial charge in [-0.1, -0.05) is 0 Å². The van der Waals surface area contributed by atoms with Crippen LogP contribution in [0, 0.1) is 52.3 Å². The van der Waals surface area contributed by atoms with Gasteiger partial charge in [0, 0.05) is 0 Å². The Kier molecular flexibility index (Phi) is 2.71. The van der Waals surface area contributed by atoms with Crippen molar-refractivity contribution < 1.29 is 13.2 Å². The Balaban J connectivity index is 1.49. The summed E-state index contributed by atoms with van der Waals surface area (Å²) < 4.78 is 43.0. The molecule has 0 spiro atoms. The summed E-state index contributed by atoms with van der Waals surface area (Å²) in [6, 6.07) is 0. The molecule has 0 radical (unpaired) electrons. The fraction of sp³-hybridized carbons (Fsp3) is 1.00. The second-order valence-electron chi connectivity index (χ2n) is 11.0. The first-order chi connectivity index (χ1) is 11.4. The van der Waals surface area contributed by atoms with Crippen molar-refractivity contribution in [1.82, 2.24) is 0 Å². The summed E-state index contributed by atoms with van der Waals surface area (Å²) in [4.78, 5) is 0. The molecular formula is C21H29F3. The van der Waals surface area contributed by atoms with Gasteiger partial charge in [-0.15, -0.1) is 0 Å². The van der Waals surface area contributed by atoms with Gasteiger partial charge in [0.1, 0.15) is 0 Å². The van der Waals surface area contributed by atoms with Crippen molar-refractivity contribution in [2.45, 2.75) is 76.8 Å². The molecule has 3 atom stereocenters. The van der Waals surface area contributed by atoms with Crippen molar-refractivity contribution in [2.24, 2.45) is 52.3 Å². The van der Waals surface area contributed by atoms with E-state index in [9.17, 15) is 13.2 Å². The zero-order valence-electron chi connectivity index (χ0n) is 14.5. The largest absolute Gasteiger partial charge is 0.392 e. The Morgan fingerprint density at radius 2 is 1.00 bits per heavy atom. The fourth-order valence-electron chi connectivity index (χ4n) is 10.1. The fourth-order valence-corrected chi connectivity index (χ4v) is 10.1. The van der Waals surface area contributed by atoms with Crippen LogP contribution in [0.1, 0.15) is 70.6 Å². The maximum absolute atomic E-state index is 14.3. The summed E-state index contributed by atoms with van der Waals surface area (Å²) >= 11 is 0. The third-order valence-electron chi connectivity index (χ3n) is 9.76. The lowest BCUT2D eigenvalue weighted by Gasteiger charge is -2.72. The predicted octanol–water partition coefficient (Wildman–Crippen LogP) is 6.21. The molecule has 0 N–H and O–H groups in total. The molecule has 0 aromatic heterocycles. The van der Waals surface area contributed by atoms with Crippen molar-refractivity contribution in [2.75, 3.05) is 0 Å². The SMILES string of the molecule is FC(F)(F)C1C2CC3CC(C2)CC1(C12CC4CC(CC(C4)C1)C2)C3. The topological polar surface area (TPSA) is 0 Å². The molecule has 3 heteroatoms. The van der Waals surface area contributed by atoms with Crippen LogP contribution in [0.4, 0.5) is 13.2 Å². The van der Waals surface area contributed by atoms with Crippen molar-refractivity contribution in [3.8, 4) is 0 Å². The highest BCUT2D eigenvalue weighted by molar-refractivity contribution is 5.18. The maximum atomic E-state index is 14.3. The molecule has 8 aliphatic carbocycles. The third kappa shape index (κ3) is 1.73. The van der Waals surface area contributed by atoms with E-state index < -0.39 is 12.1 Å². The zero-order valence-corrected chi connectivity index (χ0v) is 14.5. The van der Waals surface area contributed by atoms with Crippen LogP contribution in [0.25, 0.3) is 0 Å². The molecule has 0 nitrogen and oxygen atoms in total. The summed E-state index contributed by atoms with van der Waals surface area (Å²) in [5.41, 5.74) is -0.298. The summed E-state index contributed by atoms with van der Waals surface area (Å²) in [6.07, 6.45) is 8.35. The van der Waals surface area contributed by atoms with E-state index >= 15 is 0 Å². The van der Waals surface area contributed by atoms with Gasteiger partial charge in [-0.3, -0.25) is 0 Å². The Bertz CT molecular complexity index is 513. The number of hydrogen-bond acceptors (Lipinski definition) is 0. The van der Waals surface area contributed by atoms with Gasteiger partial charge < -0.3 is 0 Å². The Morgan fingerprint density at radius 1 is 0.583 bits per heavy atom. The van der Waals surface area contributed by atoms with Gasteiger partial charge in [0.25, 0.3) is 0 Å². The van der Waals surface area contributed by atoms with Crippen molar-refractivity contribution in [3.63, 3.8) is 0 Å². The summed E-state index contributed by atoms with van der Waals surface area (Å²) in [6.45, 7) is 0. The van der Waals surface area contributed by atoms with Crippen LogP contribution in [0.2, 0.25) is 0 Å². The standard InChI is InChI=1S/C21H29F3/c22-21(23,24)18-17-5-15-4-16(6-17)11-20(18,10-15)19-7-12-1-13(8-19)3-14(2-12)9-19/h12-18H,1-11H2. The smallest absolute Gasteiger partial charge is 0.171 e. The van der Waals surface area contributed by atoms with Crippen molar-refractivity contribution >= 4 is 0 Å². The molecule has 0 amide bonds. The first-order valence-corrected chi connectivity index (χ1v) is 10.4. The van der Waals surface area contributed by atoms with Crippen molar-refractivity contribution in [3.05, 3.63) is 0 Å². The van der Waals surface area contributed by atoms with Crippen LogP contribution in [-0.4, -0.2) is 6.18 Å². The maximum Gasteiger partial charge on any atom is 0.392 e. The minimum atomic E-state index is -3.97. The van der Waals surface area contributed by atoms with E-state index in [1.165, 1.54) is 25.7 Å². The molecule has 0 heterocycles. The van der Waals surface area contributed by atoms with Crippen LogP contribution >= 0.6 is 0 Å². The van der Waals surface area contributed by atoms with E-state index in [-0.39, 0.29) is 16.7 Å². The number of halogens is 3. The lowest BCUT2D eigenvalue weighted by atomic mass is 9.32. The molecule has 134 valence electrons. The van der Waals surface area contributed by atoms with E-state index in [2.05, 4.69) is 0 Å². The van der Waals surface area contributed by atoms with E-state index in [0.717, 1.165) is 62.7 Å². The molecule has 8 saturated carbocycles. The molecule has 8 fully saturated rings. The molecule has 0 aromatic carbocycles. The van der Waals surface area contributed by atoms with Crippen LogP contribution in [0.15, 0.2) is 0 Å². The van der Waals surface area contributed by atoms with Gasteiger partial charge in [-0.25, -0.2) is 0 Å². The van der Waals surface area contributed by atoms with Crippen LogP contribution in [-0.2, 0) is 0 Å². The number of alkyl halides is 3. The highest BCUT2D eigenvalue weighted by Crippen LogP contribution is 2.78. The molecule has 8 rings (SSSR count). The second kappa shape index (κ2) is 4.36. The minimum Gasteiger partial charge on any atom is -0.171 e. The van der Waals surface area contributed by atoms with E-state index in [0.29, 0.717) is 11.8 Å². The highest BCUT2D eigenvalue weighted by atomic mass is 19.4. The molecule has 8 bridgehead atoms. The lowest BCUT2D eigenvalue weighted by Crippen LogP contribution is -2.67. The lowest BCUT2D eigenvalue weighted by molar-refractivity contribution is -0.314. The average Bonchev–Trinajstić information content (AvgIpc) is 2.42. The van der Waals surface area contributed by atoms with Gasteiger partial charge in [0.15, 0.2) is 0 Å². The molecule has 0 aliphatic heterocycles. The molecule has 3 unspecified atom stereocenters. The quantitative estimate of drug-likeness (QED) is 0.533. The highest BCUT2D eigenvalue weighted by Gasteiger charge is 2.72. The monoisotopic (exact) mass is 338 g/mol. The van der Waals surface area contributed by atoms with Crippen molar-refractivity contribution in [1.29, 1.82) is 0 Å². The molecular weight excluding hydrogens is 309 g/mol. The minimum absolute atomic E-state index is 0.0377. The van der Waals surface area contributed by atoms with Gasteiger partial charge in [0.2, 0.25) is 0 Å². The second-order valence-corrected chi connectivity index (χ2v) is 11.0. The van der Waals surface area contributed by atoms with Gasteiger partial charge in [-0.05, 0) is 117 Å². The van der Waals surface area contributed by atoms with E-state index in [1.807, 2.05) is 0 Å². The summed E-state index contributed by atoms with van der Waals surface area (Å²) in [5, 5.41) is 0. The Morgan fingerprint density at radius 3 is 1.42 bits per heavy atom. The molecule has 0 aromatic rings.